The van der Waals surface area contributed by atoms with E-state index >= 15 is 0 Å². The number of aromatic amines is 1. The van der Waals surface area contributed by atoms with E-state index in [1.807, 2.05) is 43.6 Å². The zero-order valence-corrected chi connectivity index (χ0v) is 16.6. The van der Waals surface area contributed by atoms with E-state index in [-0.39, 0.29) is 18.3 Å². The number of rotatable bonds is 3. The van der Waals surface area contributed by atoms with Gasteiger partial charge in [-0.3, -0.25) is 14.6 Å². The monoisotopic (exact) mass is 378 g/mol. The Balaban J connectivity index is 0.00000196. The lowest BCUT2D eigenvalue weighted by Crippen LogP contribution is -2.48. The van der Waals surface area contributed by atoms with Gasteiger partial charge in [0.2, 0.25) is 0 Å². The fraction of sp³-hybridized carbons (Fsp3) is 0.611. The Morgan fingerprint density at radius 3 is 2.50 bits per heavy atom. The predicted molar refractivity (Wildman–Crippen MR) is 103 cm³/mol. The van der Waals surface area contributed by atoms with Crippen LogP contribution in [0, 0.1) is 13.8 Å². The molecule has 2 aliphatic rings. The summed E-state index contributed by atoms with van der Waals surface area (Å²) >= 11 is 0. The number of carbonyl (C=O) groups is 1. The maximum atomic E-state index is 12.9. The maximum absolute atomic E-state index is 12.9. The fourth-order valence-electron chi connectivity index (χ4n) is 4.40. The zero-order chi connectivity index (χ0) is 17.7. The lowest BCUT2D eigenvalue weighted by atomic mass is 9.98. The smallest absolute Gasteiger partial charge is 0.271 e. The summed E-state index contributed by atoms with van der Waals surface area (Å²) in [6.07, 6.45) is 4.55. The van der Waals surface area contributed by atoms with Crippen molar-refractivity contribution < 1.29 is 4.79 Å². The van der Waals surface area contributed by atoms with Crippen LogP contribution < -0.4 is 5.32 Å². The first-order valence-corrected chi connectivity index (χ1v) is 9.03. The molecule has 2 N–H and O–H groups in total. The van der Waals surface area contributed by atoms with E-state index in [4.69, 9.17) is 0 Å². The summed E-state index contributed by atoms with van der Waals surface area (Å²) in [6, 6.07) is 3.29. The van der Waals surface area contributed by atoms with Crippen molar-refractivity contribution in [3.63, 3.8) is 0 Å². The molecule has 0 radical (unpaired) electrons. The molecule has 2 aromatic rings. The minimum atomic E-state index is 0. The summed E-state index contributed by atoms with van der Waals surface area (Å²) in [5.41, 5.74) is 4.30. The number of piperidine rings is 1. The van der Waals surface area contributed by atoms with Gasteiger partial charge in [-0.15, -0.1) is 12.4 Å². The first kappa shape index (κ1) is 18.9. The van der Waals surface area contributed by atoms with E-state index in [2.05, 4.69) is 20.6 Å². The Bertz CT molecular complexity index is 801. The molecule has 2 unspecified atom stereocenters. The Kier molecular flexibility index (Phi) is 5.12. The second-order valence-corrected chi connectivity index (χ2v) is 7.52. The third-order valence-electron chi connectivity index (χ3n) is 5.89. The molecule has 4 heterocycles. The van der Waals surface area contributed by atoms with Crippen molar-refractivity contribution in [2.24, 2.45) is 7.05 Å². The average molecular weight is 379 g/mol. The van der Waals surface area contributed by atoms with Crippen molar-refractivity contribution in [2.75, 3.05) is 7.05 Å². The van der Waals surface area contributed by atoms with Gasteiger partial charge in [0.25, 0.3) is 5.91 Å². The van der Waals surface area contributed by atoms with Gasteiger partial charge in [-0.25, -0.2) is 0 Å². The van der Waals surface area contributed by atoms with Crippen LogP contribution in [0.3, 0.4) is 0 Å². The summed E-state index contributed by atoms with van der Waals surface area (Å²) in [6.45, 7) is 3.98. The lowest BCUT2D eigenvalue weighted by molar-refractivity contribution is 0.0675. The Morgan fingerprint density at radius 2 is 1.92 bits per heavy atom. The number of aromatic nitrogens is 4. The normalized spacial score (nSPS) is 24.4. The van der Waals surface area contributed by atoms with Crippen LogP contribution in [0.1, 0.15) is 47.6 Å². The lowest BCUT2D eigenvalue weighted by Gasteiger charge is -2.35. The number of hydrogen-bond acceptors (Lipinski definition) is 4. The van der Waals surface area contributed by atoms with Gasteiger partial charge in [-0.1, -0.05) is 0 Å². The number of hydrogen-bond donors (Lipinski definition) is 2. The van der Waals surface area contributed by atoms with Gasteiger partial charge in [-0.2, -0.15) is 10.2 Å². The van der Waals surface area contributed by atoms with Crippen LogP contribution >= 0.6 is 12.4 Å². The van der Waals surface area contributed by atoms with Gasteiger partial charge in [0.05, 0.1) is 11.4 Å². The average Bonchev–Trinajstić information content (AvgIpc) is 3.25. The van der Waals surface area contributed by atoms with Crippen LogP contribution in [-0.2, 0) is 7.05 Å². The van der Waals surface area contributed by atoms with Crippen LogP contribution in [0.5, 0.6) is 0 Å². The van der Waals surface area contributed by atoms with Crippen molar-refractivity contribution in [1.29, 1.82) is 0 Å². The van der Waals surface area contributed by atoms with E-state index in [0.29, 0.717) is 23.8 Å². The van der Waals surface area contributed by atoms with Gasteiger partial charge >= 0.3 is 0 Å². The SMILES string of the molecule is Cc1nn(C)c(C)c1-c1cc(C(=O)N(C)C2CC3CCC(C2)N3)[nH]n1.Cl. The van der Waals surface area contributed by atoms with Crippen molar-refractivity contribution in [1.82, 2.24) is 30.2 Å². The summed E-state index contributed by atoms with van der Waals surface area (Å²) in [5.74, 6) is 0.0178. The van der Waals surface area contributed by atoms with Gasteiger partial charge in [-0.05, 0) is 45.6 Å². The molecule has 26 heavy (non-hydrogen) atoms. The topological polar surface area (TPSA) is 78.8 Å². The molecule has 2 fully saturated rings. The molecule has 0 aliphatic carbocycles. The highest BCUT2D eigenvalue weighted by Crippen LogP contribution is 2.30. The van der Waals surface area contributed by atoms with Crippen molar-refractivity contribution in [2.45, 2.75) is 57.7 Å². The summed E-state index contributed by atoms with van der Waals surface area (Å²) in [5, 5.41) is 15.4. The fourth-order valence-corrected chi connectivity index (χ4v) is 4.40. The van der Waals surface area contributed by atoms with Crippen LogP contribution in [0.4, 0.5) is 0 Å². The van der Waals surface area contributed by atoms with Crippen molar-refractivity contribution in [3.05, 3.63) is 23.1 Å². The van der Waals surface area contributed by atoms with E-state index < -0.39 is 0 Å². The Labute approximate surface area is 159 Å². The van der Waals surface area contributed by atoms with Crippen molar-refractivity contribution >= 4 is 18.3 Å². The van der Waals surface area contributed by atoms with E-state index in [0.717, 1.165) is 35.5 Å². The first-order valence-electron chi connectivity index (χ1n) is 9.03. The van der Waals surface area contributed by atoms with Gasteiger partial charge in [0.1, 0.15) is 5.69 Å². The number of nitrogens with one attached hydrogen (secondary N) is 2. The molecule has 142 valence electrons. The molecular weight excluding hydrogens is 352 g/mol. The predicted octanol–water partition coefficient (Wildman–Crippen LogP) is 2.20. The summed E-state index contributed by atoms with van der Waals surface area (Å²) < 4.78 is 1.85. The van der Waals surface area contributed by atoms with E-state index in [9.17, 15) is 4.79 Å². The number of halogens is 1. The summed E-state index contributed by atoms with van der Waals surface area (Å²) in [7, 11) is 3.84. The molecule has 8 heteroatoms. The highest BCUT2D eigenvalue weighted by molar-refractivity contribution is 5.93. The number of nitrogens with zero attached hydrogens (tertiary/aromatic N) is 4. The molecule has 1 amide bonds. The molecule has 2 aromatic heterocycles. The highest BCUT2D eigenvalue weighted by atomic mass is 35.5. The zero-order valence-electron chi connectivity index (χ0n) is 15.7. The third kappa shape index (κ3) is 3.14. The molecule has 7 nitrogen and oxygen atoms in total. The van der Waals surface area contributed by atoms with Crippen LogP contribution in [0.2, 0.25) is 0 Å². The molecule has 2 aliphatic heterocycles. The van der Waals surface area contributed by atoms with Gasteiger partial charge < -0.3 is 10.2 Å². The summed E-state index contributed by atoms with van der Waals surface area (Å²) in [4.78, 5) is 14.8. The molecule has 2 saturated heterocycles. The second-order valence-electron chi connectivity index (χ2n) is 7.52. The van der Waals surface area contributed by atoms with Gasteiger partial charge in [0.15, 0.2) is 0 Å². The largest absolute Gasteiger partial charge is 0.337 e. The first-order chi connectivity index (χ1) is 11.9. The number of fused-ring (bicyclic) bond motifs is 2. The third-order valence-corrected chi connectivity index (χ3v) is 5.89. The quantitative estimate of drug-likeness (QED) is 0.858. The Hall–Kier alpha value is -1.86. The number of carbonyl (C=O) groups excluding carboxylic acids is 1. The van der Waals surface area contributed by atoms with Crippen LogP contribution in [0.15, 0.2) is 6.07 Å². The Morgan fingerprint density at radius 1 is 1.27 bits per heavy atom. The standard InChI is InChI=1S/C18H26N6O.ClH/c1-10-17(11(2)24(4)22-10)15-9-16(21-20-15)18(25)23(3)14-7-12-5-6-13(8-14)19-12;/h9,12-14,19H,5-8H2,1-4H3,(H,20,21);1H. The van der Waals surface area contributed by atoms with Crippen LogP contribution in [-0.4, -0.2) is 56.0 Å². The van der Waals surface area contributed by atoms with Gasteiger partial charge in [0, 0.05) is 43.5 Å². The molecule has 0 aromatic carbocycles. The molecule has 0 saturated carbocycles. The number of amides is 1. The second kappa shape index (κ2) is 7.04. The minimum Gasteiger partial charge on any atom is -0.337 e. The number of H-pyrrole nitrogens is 1. The minimum absolute atomic E-state index is 0. The van der Waals surface area contributed by atoms with E-state index in [1.165, 1.54) is 12.8 Å². The molecule has 0 spiro atoms. The molecule has 2 bridgehead atoms. The molecule has 2 atom stereocenters. The highest BCUT2D eigenvalue weighted by Gasteiger charge is 2.36. The van der Waals surface area contributed by atoms with Crippen molar-refractivity contribution in [3.8, 4) is 11.3 Å². The van der Waals surface area contributed by atoms with Crippen LogP contribution in [0.25, 0.3) is 11.3 Å². The molecular formula is C18H27ClN6O. The molecule has 4 rings (SSSR count). The number of aryl methyl sites for hydroxylation is 2. The maximum Gasteiger partial charge on any atom is 0.271 e. The van der Waals surface area contributed by atoms with E-state index in [1.54, 1.807) is 0 Å².